The van der Waals surface area contributed by atoms with E-state index in [4.69, 9.17) is 0 Å². The van der Waals surface area contributed by atoms with E-state index in [2.05, 4.69) is 0 Å². The zero-order valence-corrected chi connectivity index (χ0v) is 7.34. The summed E-state index contributed by atoms with van der Waals surface area (Å²) in [5, 5.41) is 18.7. The minimum absolute atomic E-state index is 0.434. The van der Waals surface area contributed by atoms with Crippen molar-refractivity contribution in [1.82, 2.24) is 0 Å². The van der Waals surface area contributed by atoms with Crippen LogP contribution in [0, 0.1) is 0 Å². The standard InChI is InChI=1S/C10H12O3/c1-7(11)9(12)10(13)8-5-3-2-4-6-8/h2-6,9-10,12-13H,1H3/t9-,10+/m1/s1. The molecule has 0 heterocycles. The van der Waals surface area contributed by atoms with Gasteiger partial charge in [-0.2, -0.15) is 0 Å². The van der Waals surface area contributed by atoms with Gasteiger partial charge in [-0.15, -0.1) is 0 Å². The molecule has 2 N–H and O–H groups in total. The summed E-state index contributed by atoms with van der Waals surface area (Å²) >= 11 is 0. The highest BCUT2D eigenvalue weighted by Gasteiger charge is 2.21. The fourth-order valence-electron chi connectivity index (χ4n) is 1.05. The van der Waals surface area contributed by atoms with Gasteiger partial charge < -0.3 is 10.2 Å². The number of benzene rings is 1. The first-order chi connectivity index (χ1) is 6.13. The van der Waals surface area contributed by atoms with Gasteiger partial charge in [-0.25, -0.2) is 0 Å². The van der Waals surface area contributed by atoms with Crippen LogP contribution in [0.25, 0.3) is 0 Å². The van der Waals surface area contributed by atoms with Crippen molar-refractivity contribution in [2.75, 3.05) is 0 Å². The Hall–Kier alpha value is -1.19. The molecule has 0 aliphatic rings. The fraction of sp³-hybridized carbons (Fsp3) is 0.300. The first-order valence-corrected chi connectivity index (χ1v) is 4.04. The molecule has 0 saturated heterocycles. The van der Waals surface area contributed by atoms with Crippen LogP contribution in [-0.4, -0.2) is 22.1 Å². The monoisotopic (exact) mass is 180 g/mol. The van der Waals surface area contributed by atoms with Gasteiger partial charge in [0.2, 0.25) is 0 Å². The first-order valence-electron chi connectivity index (χ1n) is 4.04. The zero-order chi connectivity index (χ0) is 9.84. The van der Waals surface area contributed by atoms with Gasteiger partial charge in [0.05, 0.1) is 0 Å². The minimum atomic E-state index is -1.33. The Labute approximate surface area is 76.6 Å². The van der Waals surface area contributed by atoms with Crippen LogP contribution in [0.1, 0.15) is 18.6 Å². The Balaban J connectivity index is 2.79. The van der Waals surface area contributed by atoms with Gasteiger partial charge in [0.1, 0.15) is 12.2 Å². The molecule has 13 heavy (non-hydrogen) atoms. The van der Waals surface area contributed by atoms with Crippen LogP contribution in [0.5, 0.6) is 0 Å². The van der Waals surface area contributed by atoms with E-state index in [1.807, 2.05) is 0 Å². The number of ketones is 1. The maximum absolute atomic E-state index is 10.7. The summed E-state index contributed by atoms with van der Waals surface area (Å²) in [5.41, 5.74) is 0.546. The largest absolute Gasteiger partial charge is 0.385 e. The van der Waals surface area contributed by atoms with Gasteiger partial charge in [0, 0.05) is 0 Å². The lowest BCUT2D eigenvalue weighted by atomic mass is 10.0. The Bertz CT molecular complexity index is 281. The molecule has 3 nitrogen and oxygen atoms in total. The smallest absolute Gasteiger partial charge is 0.161 e. The highest BCUT2D eigenvalue weighted by Crippen LogP contribution is 2.16. The van der Waals surface area contributed by atoms with Crippen LogP contribution < -0.4 is 0 Å². The molecular formula is C10H12O3. The second-order valence-corrected chi connectivity index (χ2v) is 2.91. The topological polar surface area (TPSA) is 57.5 Å². The molecule has 0 radical (unpaired) electrons. The zero-order valence-electron chi connectivity index (χ0n) is 7.34. The van der Waals surface area contributed by atoms with Crippen molar-refractivity contribution >= 4 is 5.78 Å². The molecule has 0 bridgehead atoms. The number of Topliss-reactive ketones (excluding diaryl/α,β-unsaturated/α-hetero) is 1. The number of hydrogen-bond donors (Lipinski definition) is 2. The third-order valence-corrected chi connectivity index (χ3v) is 1.86. The van der Waals surface area contributed by atoms with Crippen molar-refractivity contribution in [3.05, 3.63) is 35.9 Å². The van der Waals surface area contributed by atoms with E-state index in [1.54, 1.807) is 30.3 Å². The lowest BCUT2D eigenvalue weighted by molar-refractivity contribution is -0.130. The lowest BCUT2D eigenvalue weighted by Crippen LogP contribution is -2.25. The molecular weight excluding hydrogens is 168 g/mol. The van der Waals surface area contributed by atoms with E-state index < -0.39 is 18.0 Å². The van der Waals surface area contributed by atoms with Crippen LogP contribution in [0.3, 0.4) is 0 Å². The van der Waals surface area contributed by atoms with E-state index in [0.29, 0.717) is 5.56 Å². The molecule has 0 aromatic heterocycles. The molecule has 0 amide bonds. The van der Waals surface area contributed by atoms with Crippen molar-refractivity contribution in [3.63, 3.8) is 0 Å². The first kappa shape index (κ1) is 9.89. The Morgan fingerprint density at radius 1 is 1.23 bits per heavy atom. The second-order valence-electron chi connectivity index (χ2n) is 2.91. The number of hydrogen-bond acceptors (Lipinski definition) is 3. The van der Waals surface area contributed by atoms with Gasteiger partial charge in [0.25, 0.3) is 0 Å². The number of aliphatic hydroxyl groups is 2. The van der Waals surface area contributed by atoms with Gasteiger partial charge in [-0.1, -0.05) is 30.3 Å². The van der Waals surface area contributed by atoms with Gasteiger partial charge >= 0.3 is 0 Å². The van der Waals surface area contributed by atoms with Gasteiger partial charge in [0.15, 0.2) is 5.78 Å². The highest BCUT2D eigenvalue weighted by molar-refractivity contribution is 5.80. The van der Waals surface area contributed by atoms with Crippen molar-refractivity contribution in [2.45, 2.75) is 19.1 Å². The van der Waals surface area contributed by atoms with Crippen LogP contribution in [0.2, 0.25) is 0 Å². The minimum Gasteiger partial charge on any atom is -0.385 e. The van der Waals surface area contributed by atoms with E-state index in [-0.39, 0.29) is 0 Å². The molecule has 1 aromatic carbocycles. The molecule has 0 fully saturated rings. The number of aliphatic hydroxyl groups excluding tert-OH is 2. The van der Waals surface area contributed by atoms with Crippen molar-refractivity contribution in [3.8, 4) is 0 Å². The highest BCUT2D eigenvalue weighted by atomic mass is 16.3. The summed E-state index contributed by atoms with van der Waals surface area (Å²) in [6.45, 7) is 1.25. The van der Waals surface area contributed by atoms with E-state index in [1.165, 1.54) is 6.92 Å². The molecule has 0 aliphatic heterocycles. The molecule has 0 aliphatic carbocycles. The Kier molecular flexibility index (Phi) is 3.17. The van der Waals surface area contributed by atoms with E-state index in [0.717, 1.165) is 0 Å². The Morgan fingerprint density at radius 2 is 1.77 bits per heavy atom. The van der Waals surface area contributed by atoms with Crippen molar-refractivity contribution in [2.24, 2.45) is 0 Å². The summed E-state index contributed by atoms with van der Waals surface area (Å²) in [6.07, 6.45) is -2.46. The molecule has 0 saturated carbocycles. The molecule has 0 unspecified atom stereocenters. The maximum atomic E-state index is 10.7. The van der Waals surface area contributed by atoms with E-state index >= 15 is 0 Å². The van der Waals surface area contributed by atoms with Crippen LogP contribution in [0.4, 0.5) is 0 Å². The number of carbonyl (C=O) groups excluding carboxylic acids is 1. The second kappa shape index (κ2) is 4.16. The predicted molar refractivity (Wildman–Crippen MR) is 48.1 cm³/mol. The molecule has 70 valence electrons. The van der Waals surface area contributed by atoms with Crippen LogP contribution in [0.15, 0.2) is 30.3 Å². The third-order valence-electron chi connectivity index (χ3n) is 1.86. The molecule has 0 spiro atoms. The molecule has 1 aromatic rings. The van der Waals surface area contributed by atoms with Crippen molar-refractivity contribution in [1.29, 1.82) is 0 Å². The summed E-state index contributed by atoms with van der Waals surface area (Å²) in [7, 11) is 0. The third kappa shape index (κ3) is 2.37. The molecule has 2 atom stereocenters. The SMILES string of the molecule is CC(=O)[C@@H](O)[C@@H](O)c1ccccc1. The number of rotatable bonds is 3. The van der Waals surface area contributed by atoms with Crippen LogP contribution >= 0.6 is 0 Å². The molecule has 3 heteroatoms. The summed E-state index contributed by atoms with van der Waals surface area (Å²) in [5.74, 6) is -0.434. The number of carbonyl (C=O) groups is 1. The van der Waals surface area contributed by atoms with Gasteiger partial charge in [-0.3, -0.25) is 4.79 Å². The predicted octanol–water partition coefficient (Wildman–Crippen LogP) is 0.670. The van der Waals surface area contributed by atoms with Gasteiger partial charge in [-0.05, 0) is 12.5 Å². The quantitative estimate of drug-likeness (QED) is 0.718. The van der Waals surface area contributed by atoms with Crippen LogP contribution in [-0.2, 0) is 4.79 Å². The summed E-state index contributed by atoms with van der Waals surface area (Å²) < 4.78 is 0. The van der Waals surface area contributed by atoms with E-state index in [9.17, 15) is 15.0 Å². The maximum Gasteiger partial charge on any atom is 0.161 e. The Morgan fingerprint density at radius 3 is 2.23 bits per heavy atom. The molecule has 1 rings (SSSR count). The summed E-state index contributed by atoms with van der Waals surface area (Å²) in [6, 6.07) is 8.61. The lowest BCUT2D eigenvalue weighted by Gasteiger charge is -2.14. The van der Waals surface area contributed by atoms with Crippen molar-refractivity contribution < 1.29 is 15.0 Å². The average molecular weight is 180 g/mol. The summed E-state index contributed by atoms with van der Waals surface area (Å²) in [4.78, 5) is 10.7. The normalized spacial score (nSPS) is 15.0. The fourth-order valence-corrected chi connectivity index (χ4v) is 1.05. The average Bonchev–Trinajstić information content (AvgIpc) is 2.17.